The van der Waals surface area contributed by atoms with E-state index in [1.807, 2.05) is 6.92 Å². The van der Waals surface area contributed by atoms with Gasteiger partial charge >= 0.3 is 24.0 Å². The van der Waals surface area contributed by atoms with Crippen molar-refractivity contribution in [1.82, 2.24) is 21.3 Å². The minimum Gasteiger partial charge on any atom is -0.455 e. The predicted octanol–water partition coefficient (Wildman–Crippen LogP) is 5.76. The molecule has 25 heteroatoms. The summed E-state index contributed by atoms with van der Waals surface area (Å²) in [7, 11) is 0. The van der Waals surface area contributed by atoms with Crippen LogP contribution in [0.4, 0.5) is 9.18 Å². The van der Waals surface area contributed by atoms with E-state index in [1.165, 1.54) is 56.3 Å². The van der Waals surface area contributed by atoms with Gasteiger partial charge in [0.15, 0.2) is 11.6 Å². The molecule has 14 atom stereocenters. The number of benzene rings is 3. The Bertz CT molecular complexity index is 3470. The Hall–Kier alpha value is -8.68. The molecule has 520 valence electrons. The van der Waals surface area contributed by atoms with Crippen molar-refractivity contribution >= 4 is 71.2 Å². The second kappa shape index (κ2) is 31.0. The molecule has 3 aromatic rings. The van der Waals surface area contributed by atoms with Crippen LogP contribution in [0.2, 0.25) is 0 Å². The fourth-order valence-corrected chi connectivity index (χ4v) is 14.2. The zero-order chi connectivity index (χ0) is 70.8. The third-order valence-corrected chi connectivity index (χ3v) is 19.8. The number of aliphatic hydroxyl groups excluding tert-OH is 2. The number of carbonyl (C=O) groups is 11. The molecular weight excluding hydrogens is 1240 g/mol. The van der Waals surface area contributed by atoms with Crippen molar-refractivity contribution in [2.45, 2.75) is 199 Å². The summed E-state index contributed by atoms with van der Waals surface area (Å²) in [6.45, 7) is 14.4. The number of nitrogens with two attached hydrogens (primary N) is 2. The van der Waals surface area contributed by atoms with Gasteiger partial charge in [0.2, 0.25) is 35.6 Å². The second-order valence-corrected chi connectivity index (χ2v) is 27.7. The molecule has 4 aliphatic carbocycles. The first-order valence-electron chi connectivity index (χ1n) is 32.5. The van der Waals surface area contributed by atoms with E-state index >= 15 is 9.59 Å². The number of ketones is 2. The van der Waals surface area contributed by atoms with Gasteiger partial charge in [-0.2, -0.15) is 0 Å². The number of hydrogen-bond acceptors (Lipinski definition) is 18. The third kappa shape index (κ3) is 17.3. The fourth-order valence-electron chi connectivity index (χ4n) is 14.2. The molecule has 0 aliphatic heterocycles. The van der Waals surface area contributed by atoms with Gasteiger partial charge in [0, 0.05) is 55.6 Å². The number of alkyl carbamates (subject to hydrolysis) is 1. The normalized spacial score (nSPS) is 25.8. The zero-order valence-electron chi connectivity index (χ0n) is 55.8. The van der Waals surface area contributed by atoms with Crippen LogP contribution in [0.3, 0.4) is 0 Å². The summed E-state index contributed by atoms with van der Waals surface area (Å²) in [6, 6.07) is 17.6. The number of aliphatic hydroxyl groups is 3. The first-order chi connectivity index (χ1) is 45.0. The van der Waals surface area contributed by atoms with Crippen LogP contribution in [-0.4, -0.2) is 141 Å². The molecule has 6 amide bonds. The molecule has 7 rings (SSSR count). The summed E-state index contributed by atoms with van der Waals surface area (Å²) >= 11 is 0. The maximum atomic E-state index is 15.3. The maximum absolute atomic E-state index is 15.3. The molecule has 0 aromatic heterocycles. The lowest BCUT2D eigenvalue weighted by Crippen LogP contribution is -2.75. The Balaban J connectivity index is 1.02. The van der Waals surface area contributed by atoms with Crippen LogP contribution in [0.1, 0.15) is 167 Å². The van der Waals surface area contributed by atoms with Crippen LogP contribution in [0, 0.1) is 39.8 Å². The van der Waals surface area contributed by atoms with Gasteiger partial charge in [-0.05, 0) is 150 Å². The Labute approximate surface area is 557 Å². The number of esters is 3. The van der Waals surface area contributed by atoms with E-state index in [9.17, 15) is 62.9 Å². The third-order valence-electron chi connectivity index (χ3n) is 19.8. The fraction of sp³-hybridized carbons (Fsp3) is 0.535. The zero-order valence-corrected chi connectivity index (χ0v) is 55.8. The van der Waals surface area contributed by atoms with Gasteiger partial charge in [0.1, 0.15) is 47.4 Å². The van der Waals surface area contributed by atoms with E-state index in [2.05, 4.69) is 21.3 Å². The van der Waals surface area contributed by atoms with Crippen LogP contribution in [0.5, 0.6) is 0 Å². The highest BCUT2D eigenvalue weighted by atomic mass is 19.1. The lowest BCUT2D eigenvalue weighted by molar-refractivity contribution is -0.266. The highest BCUT2D eigenvalue weighted by Gasteiger charge is 2.74. The molecule has 96 heavy (non-hydrogen) atoms. The lowest BCUT2D eigenvalue weighted by Gasteiger charge is -2.68. The van der Waals surface area contributed by atoms with E-state index in [1.54, 1.807) is 90.1 Å². The lowest BCUT2D eigenvalue weighted by atomic mass is 9.37. The monoisotopic (exact) mass is 1330 g/mol. The van der Waals surface area contributed by atoms with Crippen LogP contribution in [0.15, 0.2) is 102 Å². The first-order valence-corrected chi connectivity index (χ1v) is 32.5. The number of amides is 6. The van der Waals surface area contributed by atoms with Crippen molar-refractivity contribution in [3.05, 3.63) is 125 Å². The standard InChI is InChI=1S/C71H91FN6O18/c1-39-49(38-71(92)61(95-64(89)43-20-14-11-15-21-43)59-69(8)34-33-45(69)37-50(80)70(59,9)60(86)57(85)55(39)68(71,6)7)93-65(90)58(56(42-18-12-10-13-19-42)78-66(91)96-67(3,4)5)94-54(84)32-31-51(81)75-35-17-16-22-47(63(74)88)77-53(83)30-26-44(62(73)87)36-48(79)40(2)76-52(82)29-25-41-23-27-46(72)28-24-41/h10-15,18-21,23-25,27-29,40,44-45,47,49-50,56-59,61,80,85,92H,16-17,22,26,30-38H2,1-9H3,(H2,73,87)(H2,74,88)(H,75,81)(H,76,82)(H,77,83)(H,78,91)/b29-25+/t40?,44-,45-,47?,49+,50+,56-,57-,58-,59-,61+,69-,70-,71-/m1/s1. The van der Waals surface area contributed by atoms with Gasteiger partial charge in [0.05, 0.1) is 29.5 Å². The Kier molecular flexibility index (Phi) is 24.1. The minimum atomic E-state index is -2.28. The van der Waals surface area contributed by atoms with Gasteiger partial charge in [-0.3, -0.25) is 38.4 Å². The predicted molar refractivity (Wildman–Crippen MR) is 346 cm³/mol. The molecule has 2 unspecified atom stereocenters. The molecule has 24 nitrogen and oxygen atoms in total. The average Bonchev–Trinajstić information content (AvgIpc) is 0.674. The van der Waals surface area contributed by atoms with Crippen molar-refractivity contribution in [2.24, 2.45) is 45.5 Å². The molecule has 0 radical (unpaired) electrons. The van der Waals surface area contributed by atoms with Gasteiger partial charge in [-0.15, -0.1) is 0 Å². The molecule has 2 bridgehead atoms. The highest BCUT2D eigenvalue weighted by Crippen LogP contribution is 2.69. The molecule has 3 saturated carbocycles. The molecule has 11 N–H and O–H groups in total. The average molecular weight is 1340 g/mol. The number of fused-ring (bicyclic) bond motifs is 5. The van der Waals surface area contributed by atoms with Gasteiger partial charge in [0.25, 0.3) is 0 Å². The number of carbonyl (C=O) groups excluding carboxylic acids is 11. The van der Waals surface area contributed by atoms with Crippen molar-refractivity contribution in [3.8, 4) is 0 Å². The van der Waals surface area contributed by atoms with Crippen LogP contribution in [0.25, 0.3) is 6.08 Å². The van der Waals surface area contributed by atoms with Gasteiger partial charge < -0.3 is 67.0 Å². The molecule has 3 aromatic carbocycles. The minimum absolute atomic E-state index is 0.0300. The number of unbranched alkanes of at least 4 members (excludes halogenated alkanes) is 1. The van der Waals surface area contributed by atoms with E-state index in [0.29, 0.717) is 18.4 Å². The topological polar surface area (TPSA) is 386 Å². The van der Waals surface area contributed by atoms with Crippen LogP contribution >= 0.6 is 0 Å². The number of hydrogen-bond donors (Lipinski definition) is 9. The number of ether oxygens (including phenoxy) is 4. The van der Waals surface area contributed by atoms with Crippen molar-refractivity contribution < 1.29 is 91.4 Å². The SMILES string of the molecule is CC1=C2[C@@H](O)C(=O)[C@@]3(C)[C@H]([C@H](OC(=O)c4ccccc4)[C@](O)(C[C@@H]1OC(=O)[C@H](OC(=O)CCC(=O)NCCCCC(NC(=O)CC[C@H](CC(=O)C(C)NC(=O)/C=C/c1ccc(F)cc1)C(N)=O)C(N)=O)[C@H](NC(=O)OC(C)(C)C)c1ccccc1)C2(C)C)[C@]1(C)CC[C@@H]1C[C@@H]3O. The number of Topliss-reactive ketones (excluding diaryl/α,β-unsaturated/α-hetero) is 2. The summed E-state index contributed by atoms with van der Waals surface area (Å²) in [4.78, 5) is 149. The Morgan fingerprint density at radius 3 is 2.04 bits per heavy atom. The number of halogens is 1. The van der Waals surface area contributed by atoms with Crippen molar-refractivity contribution in [1.29, 1.82) is 0 Å². The second-order valence-electron chi connectivity index (χ2n) is 27.7. The van der Waals surface area contributed by atoms with E-state index < -0.39 is 185 Å². The number of nitrogens with one attached hydrogen (secondary N) is 4. The van der Waals surface area contributed by atoms with Crippen molar-refractivity contribution in [3.63, 3.8) is 0 Å². The smallest absolute Gasteiger partial charge is 0.408 e. The quantitative estimate of drug-likeness (QED) is 0.0137. The summed E-state index contributed by atoms with van der Waals surface area (Å²) in [5.74, 6) is -11.0. The van der Waals surface area contributed by atoms with E-state index in [0.717, 1.165) is 6.08 Å². The molecular formula is C71H91FN6O18. The van der Waals surface area contributed by atoms with Crippen LogP contribution in [-0.2, 0) is 62.1 Å². The summed E-state index contributed by atoms with van der Waals surface area (Å²) in [5.41, 5.74) is 4.62. The summed E-state index contributed by atoms with van der Waals surface area (Å²) in [5, 5.41) is 48.7. The van der Waals surface area contributed by atoms with Gasteiger partial charge in [-0.1, -0.05) is 81.4 Å². The Morgan fingerprint density at radius 2 is 1.44 bits per heavy atom. The number of rotatable bonds is 28. The molecule has 3 fully saturated rings. The first kappa shape index (κ1) is 74.7. The van der Waals surface area contributed by atoms with E-state index in [-0.39, 0.29) is 73.3 Å². The van der Waals surface area contributed by atoms with Gasteiger partial charge in [-0.25, -0.2) is 18.8 Å². The highest BCUT2D eigenvalue weighted by molar-refractivity contribution is 5.97. The molecule has 0 saturated heterocycles. The maximum Gasteiger partial charge on any atom is 0.408 e. The summed E-state index contributed by atoms with van der Waals surface area (Å²) < 4.78 is 37.6. The molecule has 4 aliphatic rings. The van der Waals surface area contributed by atoms with Crippen molar-refractivity contribution in [2.75, 3.05) is 6.54 Å². The van der Waals surface area contributed by atoms with Crippen LogP contribution < -0.4 is 32.7 Å². The largest absolute Gasteiger partial charge is 0.455 e. The van der Waals surface area contributed by atoms with E-state index in [4.69, 9.17) is 30.4 Å². The molecule has 0 spiro atoms. The molecule has 0 heterocycles. The number of primary amides is 2. The summed E-state index contributed by atoms with van der Waals surface area (Å²) in [6.07, 6.45) is -7.47. The Morgan fingerprint density at radius 1 is 0.792 bits per heavy atom.